The molecule has 0 unspecified atom stereocenters. The molecule has 3 rings (SSSR count). The van der Waals surface area contributed by atoms with Crippen molar-refractivity contribution in [3.63, 3.8) is 0 Å². The van der Waals surface area contributed by atoms with E-state index < -0.39 is 41.9 Å². The Morgan fingerprint density at radius 2 is 1.60 bits per heavy atom. The molecule has 2 aromatic rings. The number of amides is 5. The Balaban J connectivity index is 1.38. The molecule has 248 valence electrons. The van der Waals surface area contributed by atoms with Gasteiger partial charge in [0.25, 0.3) is 11.8 Å². The van der Waals surface area contributed by atoms with Gasteiger partial charge in [0.1, 0.15) is 24.4 Å². The lowest BCUT2D eigenvalue weighted by atomic mass is 10.0. The third-order valence-electron chi connectivity index (χ3n) is 7.07. The zero-order chi connectivity index (χ0) is 34.5. The van der Waals surface area contributed by atoms with Gasteiger partial charge in [0.15, 0.2) is 5.76 Å². The zero-order valence-corrected chi connectivity index (χ0v) is 26.3. The van der Waals surface area contributed by atoms with E-state index in [0.717, 1.165) is 11.0 Å². The Bertz CT molecular complexity index is 1550. The predicted molar refractivity (Wildman–Crippen MR) is 167 cm³/mol. The van der Waals surface area contributed by atoms with Crippen LogP contribution in [0.3, 0.4) is 0 Å². The van der Waals surface area contributed by atoms with E-state index in [1.165, 1.54) is 31.2 Å². The number of carbonyl (C=O) groups is 6. The standard InChI is InChI=1S/C33H37N5O9/c1-20(2)29(31(42)35-21(3)30(41)36-24-12-8-23(9-13-24)19-46-33(44)45)37-27(39)7-5-4-6-16-38-28(40)17-26(32(38)43)47-25-14-10-22(18-34)11-15-25/h8-15,17,20-21,29H,4-7,16,19H2,1-3H3,(H,35,42)(H,36,41)(H,37,39)(H,44,45)/t21-,29-/m0/s1. The maximum atomic E-state index is 12.9. The molecule has 14 nitrogen and oxygen atoms in total. The normalized spacial score (nSPS) is 13.7. The van der Waals surface area contributed by atoms with Gasteiger partial charge in [0.2, 0.25) is 17.7 Å². The Labute approximate surface area is 271 Å². The van der Waals surface area contributed by atoms with E-state index in [-0.39, 0.29) is 37.2 Å². The van der Waals surface area contributed by atoms with Gasteiger partial charge in [0.05, 0.1) is 17.7 Å². The molecule has 0 saturated carbocycles. The molecule has 0 fully saturated rings. The van der Waals surface area contributed by atoms with E-state index in [1.54, 1.807) is 38.1 Å². The summed E-state index contributed by atoms with van der Waals surface area (Å²) < 4.78 is 10.0. The molecule has 1 aliphatic heterocycles. The van der Waals surface area contributed by atoms with Crippen LogP contribution in [0.15, 0.2) is 60.4 Å². The highest BCUT2D eigenvalue weighted by atomic mass is 16.7. The van der Waals surface area contributed by atoms with Gasteiger partial charge in [-0.1, -0.05) is 32.4 Å². The zero-order valence-electron chi connectivity index (χ0n) is 26.3. The lowest BCUT2D eigenvalue weighted by Gasteiger charge is -2.24. The lowest BCUT2D eigenvalue weighted by molar-refractivity contribution is -0.138. The number of nitrogens with zero attached hydrogens (tertiary/aromatic N) is 2. The number of nitriles is 1. The number of unbranched alkanes of at least 4 members (excludes halogenated alkanes) is 2. The summed E-state index contributed by atoms with van der Waals surface area (Å²) in [5, 5.41) is 25.5. The fraction of sp³-hybridized carbons (Fsp3) is 0.364. The first-order chi connectivity index (χ1) is 22.4. The molecule has 0 saturated heterocycles. The highest BCUT2D eigenvalue weighted by molar-refractivity contribution is 6.15. The third-order valence-corrected chi connectivity index (χ3v) is 7.07. The molecule has 1 heterocycles. The minimum atomic E-state index is -1.39. The summed E-state index contributed by atoms with van der Waals surface area (Å²) in [5.41, 5.74) is 1.47. The van der Waals surface area contributed by atoms with Crippen LogP contribution < -0.4 is 20.7 Å². The summed E-state index contributed by atoms with van der Waals surface area (Å²) >= 11 is 0. The summed E-state index contributed by atoms with van der Waals surface area (Å²) in [4.78, 5) is 74.8. The average Bonchev–Trinajstić information content (AvgIpc) is 3.30. The number of ether oxygens (including phenoxy) is 2. The number of carbonyl (C=O) groups excluding carboxylic acids is 5. The van der Waals surface area contributed by atoms with Crippen molar-refractivity contribution in [2.75, 3.05) is 11.9 Å². The van der Waals surface area contributed by atoms with Crippen molar-refractivity contribution in [3.05, 3.63) is 71.5 Å². The van der Waals surface area contributed by atoms with Gasteiger partial charge < -0.3 is 30.5 Å². The fourth-order valence-electron chi connectivity index (χ4n) is 4.46. The maximum Gasteiger partial charge on any atom is 0.506 e. The van der Waals surface area contributed by atoms with Crippen LogP contribution in [-0.4, -0.2) is 64.3 Å². The molecule has 0 bridgehead atoms. The molecule has 14 heteroatoms. The summed E-state index contributed by atoms with van der Waals surface area (Å²) in [6.45, 7) is 5.06. The second-order valence-corrected chi connectivity index (χ2v) is 11.1. The van der Waals surface area contributed by atoms with Crippen molar-refractivity contribution in [1.82, 2.24) is 15.5 Å². The third kappa shape index (κ3) is 11.0. The Morgan fingerprint density at radius 1 is 0.915 bits per heavy atom. The molecular weight excluding hydrogens is 610 g/mol. The van der Waals surface area contributed by atoms with Crippen LogP contribution >= 0.6 is 0 Å². The van der Waals surface area contributed by atoms with Crippen molar-refractivity contribution in [1.29, 1.82) is 5.26 Å². The second-order valence-electron chi connectivity index (χ2n) is 11.1. The highest BCUT2D eigenvalue weighted by Crippen LogP contribution is 2.21. The first kappa shape index (κ1) is 35.8. The Hall–Kier alpha value is -5.71. The van der Waals surface area contributed by atoms with Crippen molar-refractivity contribution in [3.8, 4) is 11.8 Å². The van der Waals surface area contributed by atoms with E-state index in [1.807, 2.05) is 6.07 Å². The van der Waals surface area contributed by atoms with Gasteiger partial charge in [0, 0.05) is 18.7 Å². The van der Waals surface area contributed by atoms with Crippen molar-refractivity contribution >= 4 is 41.4 Å². The molecule has 0 aliphatic carbocycles. The van der Waals surface area contributed by atoms with Crippen LogP contribution in [0.1, 0.15) is 57.6 Å². The number of rotatable bonds is 16. The number of hydrogen-bond donors (Lipinski definition) is 4. The first-order valence-corrected chi connectivity index (χ1v) is 15.0. The minimum absolute atomic E-state index is 0.108. The highest BCUT2D eigenvalue weighted by Gasteiger charge is 2.32. The SMILES string of the molecule is CC(C)[C@H](NC(=O)CCCCCN1C(=O)C=C(Oc2ccc(C#N)cc2)C1=O)C(=O)N[C@@H](C)C(=O)Nc1ccc(COC(=O)O)cc1. The molecule has 4 N–H and O–H groups in total. The molecule has 1 aliphatic rings. The Kier molecular flexibility index (Phi) is 13.0. The molecule has 0 aromatic heterocycles. The second kappa shape index (κ2) is 17.1. The molecule has 2 atom stereocenters. The molecular formula is C33H37N5O9. The quantitative estimate of drug-likeness (QED) is 0.119. The van der Waals surface area contributed by atoms with Gasteiger partial charge >= 0.3 is 6.16 Å². The Morgan fingerprint density at radius 3 is 2.21 bits per heavy atom. The average molecular weight is 648 g/mol. The number of nitrogens with one attached hydrogen (secondary N) is 3. The van der Waals surface area contributed by atoms with Crippen LogP contribution in [0.25, 0.3) is 0 Å². The van der Waals surface area contributed by atoms with Gasteiger partial charge in [-0.25, -0.2) is 4.79 Å². The van der Waals surface area contributed by atoms with Gasteiger partial charge in [-0.05, 0) is 67.6 Å². The van der Waals surface area contributed by atoms with E-state index in [4.69, 9.17) is 15.1 Å². The fourth-order valence-corrected chi connectivity index (χ4v) is 4.46. The van der Waals surface area contributed by atoms with E-state index in [9.17, 15) is 28.8 Å². The van der Waals surface area contributed by atoms with Crippen LogP contribution in [0.5, 0.6) is 5.75 Å². The van der Waals surface area contributed by atoms with Gasteiger partial charge in [-0.2, -0.15) is 5.26 Å². The first-order valence-electron chi connectivity index (χ1n) is 15.0. The molecule has 5 amide bonds. The van der Waals surface area contributed by atoms with Gasteiger partial charge in [-0.15, -0.1) is 0 Å². The molecule has 0 spiro atoms. The number of anilines is 1. The van der Waals surface area contributed by atoms with Crippen LogP contribution in [0, 0.1) is 17.2 Å². The molecule has 0 radical (unpaired) electrons. The number of imide groups is 1. The maximum absolute atomic E-state index is 12.9. The predicted octanol–water partition coefficient (Wildman–Crippen LogP) is 3.23. The van der Waals surface area contributed by atoms with E-state index >= 15 is 0 Å². The topological polar surface area (TPSA) is 204 Å². The summed E-state index contributed by atoms with van der Waals surface area (Å²) in [6, 6.07) is 12.7. The van der Waals surface area contributed by atoms with Crippen molar-refractivity contribution in [2.24, 2.45) is 5.92 Å². The van der Waals surface area contributed by atoms with Crippen molar-refractivity contribution in [2.45, 2.75) is 65.1 Å². The molecule has 47 heavy (non-hydrogen) atoms. The largest absolute Gasteiger partial charge is 0.506 e. The summed E-state index contributed by atoms with van der Waals surface area (Å²) in [6.07, 6.45) is 1.30. The van der Waals surface area contributed by atoms with E-state index in [2.05, 4.69) is 20.7 Å². The number of hydrogen-bond acceptors (Lipinski definition) is 9. The van der Waals surface area contributed by atoms with Crippen molar-refractivity contribution < 1.29 is 43.3 Å². The number of benzene rings is 2. The smallest absolute Gasteiger partial charge is 0.451 e. The summed E-state index contributed by atoms with van der Waals surface area (Å²) in [5.74, 6) is -2.47. The molecule has 2 aromatic carbocycles. The summed E-state index contributed by atoms with van der Waals surface area (Å²) in [7, 11) is 0. The monoisotopic (exact) mass is 647 g/mol. The lowest BCUT2D eigenvalue weighted by Crippen LogP contribution is -2.53. The van der Waals surface area contributed by atoms with Crippen LogP contribution in [0.2, 0.25) is 0 Å². The van der Waals surface area contributed by atoms with Crippen LogP contribution in [-0.2, 0) is 35.3 Å². The van der Waals surface area contributed by atoms with Gasteiger partial charge in [-0.3, -0.25) is 28.9 Å². The van der Waals surface area contributed by atoms with Crippen LogP contribution in [0.4, 0.5) is 10.5 Å². The number of carboxylic acid groups (broad SMARTS) is 1. The minimum Gasteiger partial charge on any atom is -0.451 e. The van der Waals surface area contributed by atoms with E-state index in [0.29, 0.717) is 41.8 Å².